The summed E-state index contributed by atoms with van der Waals surface area (Å²) in [4.78, 5) is 2.47. The van der Waals surface area contributed by atoms with Gasteiger partial charge < -0.3 is 9.47 Å². The van der Waals surface area contributed by atoms with Crippen molar-refractivity contribution in [3.05, 3.63) is 313 Å². The van der Waals surface area contributed by atoms with Gasteiger partial charge in [0.2, 0.25) is 0 Å². The van der Waals surface area contributed by atoms with E-state index in [-0.39, 0.29) is 10.8 Å². The molecule has 416 valence electrons. The van der Waals surface area contributed by atoms with Crippen LogP contribution in [0.25, 0.3) is 84.2 Å². The minimum absolute atomic E-state index is 0.0874. The number of aromatic nitrogens is 1. The van der Waals surface area contributed by atoms with Crippen LogP contribution in [-0.2, 0) is 17.3 Å². The lowest BCUT2D eigenvalue weighted by Crippen LogP contribution is -2.27. The lowest BCUT2D eigenvalue weighted by atomic mass is 9.69. The number of hydrogen-bond acceptors (Lipinski definition) is 1. The van der Waals surface area contributed by atoms with Crippen LogP contribution < -0.4 is 4.90 Å². The summed E-state index contributed by atoms with van der Waals surface area (Å²) in [5, 5.41) is 2.45. The first-order chi connectivity index (χ1) is 41.6. The first-order valence-corrected chi connectivity index (χ1v) is 30.6. The molecule has 0 N–H and O–H groups in total. The first kappa shape index (κ1) is 54.7. The molecule has 0 saturated carbocycles. The van der Waals surface area contributed by atoms with Crippen LogP contribution in [0.15, 0.2) is 274 Å². The molecule has 1 heterocycles. The molecule has 2 atom stereocenters. The van der Waals surface area contributed by atoms with Gasteiger partial charge in [-0.05, 0) is 180 Å². The van der Waals surface area contributed by atoms with Gasteiger partial charge in [-0.1, -0.05) is 267 Å². The molecule has 0 spiro atoms. The van der Waals surface area contributed by atoms with Crippen molar-refractivity contribution in [2.24, 2.45) is 5.92 Å². The zero-order valence-corrected chi connectivity index (χ0v) is 49.6. The molecule has 2 nitrogen and oxygen atoms in total. The topological polar surface area (TPSA) is 8.17 Å². The minimum Gasteiger partial charge on any atom is -0.310 e. The number of anilines is 3. The molecule has 0 aliphatic heterocycles. The normalized spacial score (nSPS) is 14.0. The second-order valence-electron chi connectivity index (χ2n) is 24.4. The summed E-state index contributed by atoms with van der Waals surface area (Å²) >= 11 is 0. The molecule has 0 fully saturated rings. The Labute approximate surface area is 503 Å². The molecular weight excluding hydrogens is 1020 g/mol. The summed E-state index contributed by atoms with van der Waals surface area (Å²) in [6, 6.07) is 97.8. The van der Waals surface area contributed by atoms with Crippen LogP contribution in [0.3, 0.4) is 0 Å². The van der Waals surface area contributed by atoms with Crippen LogP contribution in [0.4, 0.5) is 17.1 Å². The second kappa shape index (κ2) is 23.3. The number of hydrogen-bond donors (Lipinski definition) is 0. The number of benzene rings is 11. The zero-order valence-electron chi connectivity index (χ0n) is 49.6. The van der Waals surface area contributed by atoms with Crippen molar-refractivity contribution in [1.82, 2.24) is 4.57 Å². The molecule has 2 unspecified atom stereocenters. The predicted molar refractivity (Wildman–Crippen MR) is 365 cm³/mol. The van der Waals surface area contributed by atoms with E-state index < -0.39 is 0 Å². The molecule has 0 saturated heterocycles. The van der Waals surface area contributed by atoms with E-state index >= 15 is 0 Å². The molecule has 85 heavy (non-hydrogen) atoms. The summed E-state index contributed by atoms with van der Waals surface area (Å²) in [6.07, 6.45) is 10.6. The Kier molecular flexibility index (Phi) is 15.0. The van der Waals surface area contributed by atoms with Crippen LogP contribution in [0, 0.1) is 5.92 Å². The monoisotopic (exact) mass is 1100 g/mol. The molecule has 1 aromatic heterocycles. The standard InChI is InChI=1S/C83H74N2/c1-7-58-27-29-61(30-28-58)54-60(9-3)20-18-19-53-83(69-21-12-10-13-22-69)78-26-17-16-25-74(78)75-50-49-73(57-79(75)83)84(71-45-37-63(38-46-71)62-35-43-68(44-36-62)82(4,5)6)72-47-39-65(40-48-72)67-42-52-81-77(56-67)76-55-66(64-33-31-59(8-2)32-34-64)41-51-80(76)85(81)70-23-14-11-15-24-70/h7-8,10-17,21-52,55-57,60H,1-2,9,18-20,53-54H2,3-6H3. The number of fused-ring (bicyclic) bond motifs is 6. The smallest absolute Gasteiger partial charge is 0.0541 e. The van der Waals surface area contributed by atoms with Crippen molar-refractivity contribution in [1.29, 1.82) is 0 Å². The number of rotatable bonds is 18. The summed E-state index contributed by atoms with van der Waals surface area (Å²) < 4.78 is 2.40. The molecule has 0 amide bonds. The summed E-state index contributed by atoms with van der Waals surface area (Å²) in [7, 11) is 0. The third-order valence-electron chi connectivity index (χ3n) is 18.3. The average molecular weight is 1100 g/mol. The highest BCUT2D eigenvalue weighted by Gasteiger charge is 2.44. The quantitative estimate of drug-likeness (QED) is 0.0778. The highest BCUT2D eigenvalue weighted by molar-refractivity contribution is 6.11. The van der Waals surface area contributed by atoms with Gasteiger partial charge in [-0.3, -0.25) is 0 Å². The molecule has 12 aromatic rings. The van der Waals surface area contributed by atoms with Crippen LogP contribution in [0.5, 0.6) is 0 Å². The van der Waals surface area contributed by atoms with Gasteiger partial charge >= 0.3 is 0 Å². The lowest BCUT2D eigenvalue weighted by molar-refractivity contribution is 0.423. The van der Waals surface area contributed by atoms with E-state index in [9.17, 15) is 0 Å². The number of para-hydroxylation sites is 1. The van der Waals surface area contributed by atoms with Crippen molar-refractivity contribution in [3.63, 3.8) is 0 Å². The highest BCUT2D eigenvalue weighted by atomic mass is 15.1. The van der Waals surface area contributed by atoms with E-state index in [1.807, 2.05) is 12.2 Å². The minimum atomic E-state index is -0.330. The fourth-order valence-corrected chi connectivity index (χ4v) is 13.6. The van der Waals surface area contributed by atoms with Crippen molar-refractivity contribution >= 4 is 51.0 Å². The van der Waals surface area contributed by atoms with Crippen molar-refractivity contribution in [3.8, 4) is 50.2 Å². The van der Waals surface area contributed by atoms with E-state index in [4.69, 9.17) is 0 Å². The fraction of sp³-hybridized carbons (Fsp3) is 0.157. The van der Waals surface area contributed by atoms with Crippen molar-refractivity contribution in [2.45, 2.75) is 77.0 Å². The van der Waals surface area contributed by atoms with Gasteiger partial charge in [0, 0.05) is 38.9 Å². The third-order valence-corrected chi connectivity index (χ3v) is 18.3. The van der Waals surface area contributed by atoms with Gasteiger partial charge in [-0.15, -0.1) is 0 Å². The number of unbranched alkanes of at least 4 members (excludes halogenated alkanes) is 1. The van der Waals surface area contributed by atoms with Crippen LogP contribution in [0.1, 0.15) is 98.7 Å². The summed E-state index contributed by atoms with van der Waals surface area (Å²) in [5.41, 5.74) is 25.6. The van der Waals surface area contributed by atoms with E-state index in [2.05, 4.69) is 311 Å². The summed E-state index contributed by atoms with van der Waals surface area (Å²) in [5.74, 6) is 0.635. The SMILES string of the molecule is C=Cc1ccc(CC(CC)CCCCC2(c3ccccc3)c3ccccc3-c3ccc(N(c4ccc(-c5ccc(C(C)(C)C)cc5)cc4)c4ccc(-c5ccc6c(c5)c5cc(-c7ccc(C=C)cc7)ccc5n6-c5ccccc5)cc4)cc32)cc1. The summed E-state index contributed by atoms with van der Waals surface area (Å²) in [6.45, 7) is 17.2. The maximum Gasteiger partial charge on any atom is 0.0541 e. The Bertz CT molecular complexity index is 4330. The van der Waals surface area contributed by atoms with Crippen molar-refractivity contribution in [2.75, 3.05) is 4.90 Å². The van der Waals surface area contributed by atoms with Gasteiger partial charge in [-0.25, -0.2) is 0 Å². The van der Waals surface area contributed by atoms with Crippen LogP contribution in [-0.4, -0.2) is 4.57 Å². The largest absolute Gasteiger partial charge is 0.310 e. The van der Waals surface area contributed by atoms with Gasteiger partial charge in [0.15, 0.2) is 0 Å². The number of nitrogens with zero attached hydrogens (tertiary/aromatic N) is 2. The predicted octanol–water partition coefficient (Wildman–Crippen LogP) is 23.0. The molecule has 2 heteroatoms. The average Bonchev–Trinajstić information content (AvgIpc) is 1.82. The Balaban J connectivity index is 0.895. The maximum absolute atomic E-state index is 3.99. The van der Waals surface area contributed by atoms with E-state index in [1.54, 1.807) is 0 Å². The van der Waals surface area contributed by atoms with Crippen molar-refractivity contribution < 1.29 is 0 Å². The molecule has 1 aliphatic carbocycles. The lowest BCUT2D eigenvalue weighted by Gasteiger charge is -2.34. The Morgan fingerprint density at radius 3 is 1.51 bits per heavy atom. The van der Waals surface area contributed by atoms with Gasteiger partial charge in [0.1, 0.15) is 0 Å². The maximum atomic E-state index is 3.99. The zero-order chi connectivity index (χ0) is 58.1. The molecule has 11 aromatic carbocycles. The highest BCUT2D eigenvalue weighted by Crippen LogP contribution is 2.56. The molecule has 13 rings (SSSR count). The second-order valence-corrected chi connectivity index (χ2v) is 24.4. The van der Waals surface area contributed by atoms with Gasteiger partial charge in [-0.2, -0.15) is 0 Å². The van der Waals surface area contributed by atoms with E-state index in [0.29, 0.717) is 5.92 Å². The third kappa shape index (κ3) is 10.6. The first-order valence-electron chi connectivity index (χ1n) is 30.6. The Hall–Kier alpha value is -9.50. The van der Waals surface area contributed by atoms with Crippen LogP contribution in [0.2, 0.25) is 0 Å². The molecule has 0 radical (unpaired) electrons. The van der Waals surface area contributed by atoms with Gasteiger partial charge in [0.25, 0.3) is 0 Å². The molecular formula is C83H74N2. The molecule has 1 aliphatic rings. The van der Waals surface area contributed by atoms with Crippen LogP contribution >= 0.6 is 0 Å². The van der Waals surface area contributed by atoms with E-state index in [0.717, 1.165) is 47.6 Å². The molecule has 0 bridgehead atoms. The Morgan fingerprint density at radius 2 is 0.941 bits per heavy atom. The van der Waals surface area contributed by atoms with Gasteiger partial charge in [0.05, 0.1) is 11.0 Å². The Morgan fingerprint density at radius 1 is 0.459 bits per heavy atom. The van der Waals surface area contributed by atoms with E-state index in [1.165, 1.54) is 119 Å². The fourth-order valence-electron chi connectivity index (χ4n) is 13.6.